The molecule has 34 heavy (non-hydrogen) atoms. The predicted molar refractivity (Wildman–Crippen MR) is 115 cm³/mol. The Morgan fingerprint density at radius 1 is 1.38 bits per heavy atom. The van der Waals surface area contributed by atoms with Gasteiger partial charge in [0.15, 0.2) is 0 Å². The van der Waals surface area contributed by atoms with Crippen molar-refractivity contribution in [3.05, 3.63) is 47.5 Å². The Labute approximate surface area is 194 Å². The maximum Gasteiger partial charge on any atom is 0.415 e. The molecule has 0 bridgehead atoms. The highest BCUT2D eigenvalue weighted by Crippen LogP contribution is 2.62. The van der Waals surface area contributed by atoms with Crippen molar-refractivity contribution in [3.63, 3.8) is 0 Å². The van der Waals surface area contributed by atoms with Crippen LogP contribution in [-0.2, 0) is 26.0 Å². The van der Waals surface area contributed by atoms with Gasteiger partial charge in [-0.15, -0.1) is 0 Å². The summed E-state index contributed by atoms with van der Waals surface area (Å²) in [6.45, 7) is 1.23. The van der Waals surface area contributed by atoms with Gasteiger partial charge in [0.05, 0.1) is 50.4 Å². The average molecular weight is 464 g/mol. The van der Waals surface area contributed by atoms with Crippen LogP contribution in [0.15, 0.2) is 30.5 Å². The van der Waals surface area contributed by atoms with E-state index >= 15 is 4.39 Å². The number of benzene rings is 1. The van der Waals surface area contributed by atoms with Gasteiger partial charge >= 0.3 is 12.2 Å². The van der Waals surface area contributed by atoms with E-state index in [0.717, 1.165) is 5.56 Å². The number of anilines is 1. The number of nitrogens with zero attached hydrogens (tertiary/aromatic N) is 3. The normalized spacial score (nSPS) is 30.1. The molecule has 3 fully saturated rings. The van der Waals surface area contributed by atoms with Gasteiger partial charge in [-0.1, -0.05) is 6.07 Å². The molecule has 1 saturated carbocycles. The van der Waals surface area contributed by atoms with Gasteiger partial charge in [0, 0.05) is 29.2 Å². The van der Waals surface area contributed by atoms with E-state index in [-0.39, 0.29) is 24.4 Å². The maximum absolute atomic E-state index is 15.2. The van der Waals surface area contributed by atoms with Gasteiger partial charge in [0.1, 0.15) is 17.3 Å². The molecule has 4 aliphatic rings. The highest BCUT2D eigenvalue weighted by atomic mass is 19.1. The third-order valence-electron chi connectivity index (χ3n) is 7.52. The highest BCUT2D eigenvalue weighted by molar-refractivity contribution is 5.94. The Kier molecular flexibility index (Phi) is 4.54. The molecule has 0 spiro atoms. The van der Waals surface area contributed by atoms with E-state index in [1.165, 1.54) is 18.1 Å². The molecule has 1 N–H and O–H groups in total. The smallest absolute Gasteiger partial charge is 0.415 e. The first-order valence-electron chi connectivity index (χ1n) is 11.1. The number of ether oxygens (including phenoxy) is 3. The molecule has 1 aromatic heterocycles. The van der Waals surface area contributed by atoms with Crippen molar-refractivity contribution in [2.45, 2.75) is 24.0 Å². The van der Waals surface area contributed by atoms with Crippen molar-refractivity contribution in [2.24, 2.45) is 11.8 Å². The molecular weight excluding hydrogens is 443 g/mol. The zero-order chi connectivity index (χ0) is 23.6. The first-order chi connectivity index (χ1) is 16.5. The lowest BCUT2D eigenvalue weighted by molar-refractivity contribution is 0.123. The van der Waals surface area contributed by atoms with Crippen molar-refractivity contribution in [2.75, 3.05) is 31.8 Å². The second-order valence-corrected chi connectivity index (χ2v) is 9.06. The summed E-state index contributed by atoms with van der Waals surface area (Å²) in [6, 6.07) is 8.74. The van der Waals surface area contributed by atoms with Gasteiger partial charge in [-0.2, -0.15) is 5.26 Å². The first kappa shape index (κ1) is 20.9. The van der Waals surface area contributed by atoms with Gasteiger partial charge in [0.25, 0.3) is 0 Å². The molecule has 3 aliphatic heterocycles. The van der Waals surface area contributed by atoms with Crippen molar-refractivity contribution < 1.29 is 28.2 Å². The average Bonchev–Trinajstić information content (AvgIpc) is 3.23. The van der Waals surface area contributed by atoms with E-state index in [9.17, 15) is 14.9 Å². The third kappa shape index (κ3) is 2.83. The maximum atomic E-state index is 15.2. The summed E-state index contributed by atoms with van der Waals surface area (Å²) >= 11 is 0. The topological polar surface area (TPSA) is 114 Å². The fraction of sp³-hybridized carbons (Fsp3) is 0.417. The molecule has 1 aromatic carbocycles. The van der Waals surface area contributed by atoms with E-state index in [1.807, 2.05) is 0 Å². The summed E-state index contributed by atoms with van der Waals surface area (Å²) in [5.41, 5.74) is 2.34. The number of cyclic esters (lactones) is 1. The minimum absolute atomic E-state index is 0.0992. The molecule has 6 rings (SSSR count). The van der Waals surface area contributed by atoms with Crippen LogP contribution in [0, 0.1) is 29.0 Å². The predicted octanol–water partition coefficient (Wildman–Crippen LogP) is 2.53. The second kappa shape index (κ2) is 7.40. The number of nitriles is 1. The van der Waals surface area contributed by atoms with Crippen LogP contribution in [0.5, 0.6) is 0 Å². The SMILES string of the molecule is COC(=O)NC[C@@H]1OC(=O)N2c3cc(F)c(-c4ccc(C5(C#N)C6COCC65)nc4)cc3C[C@@H]12. The summed E-state index contributed by atoms with van der Waals surface area (Å²) < 4.78 is 30.5. The largest absolute Gasteiger partial charge is 0.453 e. The van der Waals surface area contributed by atoms with Crippen LogP contribution in [-0.4, -0.2) is 56.2 Å². The van der Waals surface area contributed by atoms with E-state index in [4.69, 9.17) is 9.47 Å². The zero-order valence-corrected chi connectivity index (χ0v) is 18.3. The number of alkyl carbamates (subject to hydrolysis) is 1. The molecule has 2 amide bonds. The number of carbonyl (C=O) groups is 2. The van der Waals surface area contributed by atoms with Gasteiger partial charge in [-0.05, 0) is 30.2 Å². The van der Waals surface area contributed by atoms with Crippen LogP contribution < -0.4 is 10.2 Å². The molecule has 2 saturated heterocycles. The van der Waals surface area contributed by atoms with Gasteiger partial charge in [-0.25, -0.2) is 14.0 Å². The lowest BCUT2D eigenvalue weighted by Gasteiger charge is -2.16. The quantitative estimate of drug-likeness (QED) is 0.740. The number of amides is 2. The fourth-order valence-electron chi connectivity index (χ4n) is 5.70. The molecule has 1 aliphatic carbocycles. The van der Waals surface area contributed by atoms with Gasteiger partial charge in [-0.3, -0.25) is 9.88 Å². The Hall–Kier alpha value is -3.71. The summed E-state index contributed by atoms with van der Waals surface area (Å²) in [4.78, 5) is 29.8. The number of hydrogen-bond acceptors (Lipinski definition) is 7. The third-order valence-corrected chi connectivity index (χ3v) is 7.52. The molecule has 0 radical (unpaired) electrons. The van der Waals surface area contributed by atoms with Crippen molar-refractivity contribution >= 4 is 17.9 Å². The Bertz CT molecular complexity index is 1230. The van der Waals surface area contributed by atoms with E-state index in [1.54, 1.807) is 24.4 Å². The minimum Gasteiger partial charge on any atom is -0.453 e. The minimum atomic E-state index is -0.616. The fourth-order valence-corrected chi connectivity index (χ4v) is 5.70. The molecule has 2 aromatic rings. The highest BCUT2D eigenvalue weighted by Gasteiger charge is 2.70. The van der Waals surface area contributed by atoms with Gasteiger partial charge in [0.2, 0.25) is 0 Å². The van der Waals surface area contributed by atoms with E-state index < -0.39 is 29.5 Å². The summed E-state index contributed by atoms with van der Waals surface area (Å²) in [7, 11) is 1.25. The molecule has 4 atom stereocenters. The second-order valence-electron chi connectivity index (χ2n) is 9.06. The van der Waals surface area contributed by atoms with Gasteiger partial charge < -0.3 is 19.5 Å². The van der Waals surface area contributed by atoms with Crippen molar-refractivity contribution in [1.82, 2.24) is 10.3 Å². The standard InChI is InChI=1S/C24H21FN4O5/c1-32-22(30)28-8-20-19-5-13-4-14(17(25)6-18(13)29(19)23(31)34-20)12-2-3-21(27-7-12)24(11-26)15-9-33-10-16(15)24/h2-4,6-7,15-16,19-20H,5,8-10H2,1H3,(H,28,30)/t15?,16?,19-,20-,24?/m0/s1. The number of aromatic nitrogens is 1. The Morgan fingerprint density at radius 2 is 2.18 bits per heavy atom. The molecule has 174 valence electrons. The number of carbonyl (C=O) groups excluding carboxylic acids is 2. The summed E-state index contributed by atoms with van der Waals surface area (Å²) in [5, 5.41) is 12.3. The molecule has 2 unspecified atom stereocenters. The number of methoxy groups -OCH3 is 1. The number of pyridine rings is 1. The van der Waals surface area contributed by atoms with Crippen molar-refractivity contribution in [1.29, 1.82) is 5.26 Å². The number of hydrogen-bond donors (Lipinski definition) is 1. The lowest BCUT2D eigenvalue weighted by Crippen LogP contribution is -2.40. The van der Waals surface area contributed by atoms with Crippen molar-refractivity contribution in [3.8, 4) is 17.2 Å². The Morgan fingerprint density at radius 3 is 2.85 bits per heavy atom. The molecule has 9 nitrogen and oxygen atoms in total. The van der Waals surface area contributed by atoms with Crippen LogP contribution in [0.2, 0.25) is 0 Å². The monoisotopic (exact) mass is 464 g/mol. The van der Waals surface area contributed by atoms with Crippen LogP contribution in [0.25, 0.3) is 11.1 Å². The van der Waals surface area contributed by atoms with E-state index in [0.29, 0.717) is 42.1 Å². The molecular formula is C24H21FN4O5. The summed E-state index contributed by atoms with van der Waals surface area (Å²) in [5.74, 6) is -0.144. The van der Waals surface area contributed by atoms with Crippen LogP contribution >= 0.6 is 0 Å². The summed E-state index contributed by atoms with van der Waals surface area (Å²) in [6.07, 6.45) is 0.306. The molecule has 10 heteroatoms. The van der Waals surface area contributed by atoms with Crippen LogP contribution in [0.3, 0.4) is 0 Å². The van der Waals surface area contributed by atoms with Crippen LogP contribution in [0.1, 0.15) is 11.3 Å². The number of fused-ring (bicyclic) bond motifs is 4. The number of halogens is 1. The molecule has 4 heterocycles. The van der Waals surface area contributed by atoms with Crippen LogP contribution in [0.4, 0.5) is 19.7 Å². The first-order valence-corrected chi connectivity index (χ1v) is 11.1. The van der Waals surface area contributed by atoms with E-state index in [2.05, 4.69) is 21.1 Å². The number of nitrogens with one attached hydrogen (secondary N) is 1. The zero-order valence-electron chi connectivity index (χ0n) is 18.3. The lowest BCUT2D eigenvalue weighted by atomic mass is 9.95. The number of rotatable bonds is 4. The Balaban J connectivity index is 1.26.